The second kappa shape index (κ2) is 6.17. The molecule has 2 aliphatic rings. The van der Waals surface area contributed by atoms with Gasteiger partial charge in [-0.25, -0.2) is 0 Å². The van der Waals surface area contributed by atoms with Gasteiger partial charge in [0.05, 0.1) is 28.9 Å². The van der Waals surface area contributed by atoms with Crippen molar-refractivity contribution in [2.45, 2.75) is 51.8 Å². The summed E-state index contributed by atoms with van der Waals surface area (Å²) in [6, 6.07) is 10.3. The summed E-state index contributed by atoms with van der Waals surface area (Å²) < 4.78 is 1.87. The summed E-state index contributed by atoms with van der Waals surface area (Å²) in [5, 5.41) is 16.2. The molecule has 29 heavy (non-hydrogen) atoms. The van der Waals surface area contributed by atoms with E-state index in [4.69, 9.17) is 0 Å². The fourth-order valence-corrected chi connectivity index (χ4v) is 5.05. The first kappa shape index (κ1) is 18.4. The maximum atomic E-state index is 13.6. The number of aromatic nitrogens is 2. The fourth-order valence-electron chi connectivity index (χ4n) is 5.05. The summed E-state index contributed by atoms with van der Waals surface area (Å²) in [6.07, 6.45) is 4.03. The van der Waals surface area contributed by atoms with Crippen LogP contribution in [0.1, 0.15) is 48.2 Å². The predicted molar refractivity (Wildman–Crippen MR) is 114 cm³/mol. The molecule has 5 nitrogen and oxygen atoms in total. The average molecular weight is 389 g/mol. The minimum absolute atomic E-state index is 0.0420. The molecule has 1 aromatic heterocycles. The Morgan fingerprint density at radius 2 is 1.97 bits per heavy atom. The van der Waals surface area contributed by atoms with E-state index in [1.165, 1.54) is 0 Å². The van der Waals surface area contributed by atoms with Crippen molar-refractivity contribution in [2.75, 3.05) is 0 Å². The van der Waals surface area contributed by atoms with Crippen LogP contribution in [0.3, 0.4) is 0 Å². The first-order valence-corrected chi connectivity index (χ1v) is 10.3. The van der Waals surface area contributed by atoms with Gasteiger partial charge in [0.2, 0.25) is 0 Å². The normalized spacial score (nSPS) is 17.8. The monoisotopic (exact) mass is 389 g/mol. The lowest BCUT2D eigenvalue weighted by Crippen LogP contribution is -2.51. The largest absolute Gasteiger partial charge is 0.388 e. The number of fused-ring (bicyclic) bond motifs is 2. The average Bonchev–Trinajstić information content (AvgIpc) is 3.34. The molecule has 1 atom stereocenters. The predicted octanol–water partition coefficient (Wildman–Crippen LogP) is 4.05. The number of hydrogen-bond acceptors (Lipinski definition) is 3. The maximum absolute atomic E-state index is 13.6. The van der Waals surface area contributed by atoms with Gasteiger partial charge >= 0.3 is 0 Å². The zero-order chi connectivity index (χ0) is 20.5. The van der Waals surface area contributed by atoms with Crippen molar-refractivity contribution in [2.24, 2.45) is 13.0 Å². The van der Waals surface area contributed by atoms with Crippen LogP contribution < -0.4 is 0 Å². The summed E-state index contributed by atoms with van der Waals surface area (Å²) >= 11 is 0. The van der Waals surface area contributed by atoms with Gasteiger partial charge in [-0.1, -0.05) is 18.2 Å². The minimum Gasteiger partial charge on any atom is -0.388 e. The number of aliphatic hydroxyl groups is 1. The molecule has 1 aliphatic carbocycles. The van der Waals surface area contributed by atoms with Crippen molar-refractivity contribution in [3.63, 3.8) is 0 Å². The van der Waals surface area contributed by atoms with Crippen molar-refractivity contribution in [3.8, 4) is 11.1 Å². The highest BCUT2D eigenvalue weighted by molar-refractivity contribution is 6.05. The second-order valence-corrected chi connectivity index (χ2v) is 9.20. The topological polar surface area (TPSA) is 58.4 Å². The summed E-state index contributed by atoms with van der Waals surface area (Å²) in [5.74, 6) is 0.436. The molecule has 1 unspecified atom stereocenters. The smallest absolute Gasteiger partial charge is 0.255 e. The Morgan fingerprint density at radius 1 is 1.21 bits per heavy atom. The minimum atomic E-state index is -0.913. The van der Waals surface area contributed by atoms with Gasteiger partial charge in [-0.2, -0.15) is 5.10 Å². The van der Waals surface area contributed by atoms with E-state index in [2.05, 4.69) is 24.2 Å². The molecule has 5 heteroatoms. The highest BCUT2D eigenvalue weighted by atomic mass is 16.3. The van der Waals surface area contributed by atoms with Crippen LogP contribution in [0.25, 0.3) is 22.0 Å². The molecule has 2 aromatic carbocycles. The lowest BCUT2D eigenvalue weighted by molar-refractivity contribution is -0.0224. The lowest BCUT2D eigenvalue weighted by atomic mass is 9.92. The van der Waals surface area contributed by atoms with Crippen LogP contribution in [0, 0.1) is 12.8 Å². The number of aryl methyl sites for hydroxylation is 2. The zero-order valence-electron chi connectivity index (χ0n) is 17.4. The molecule has 0 saturated heterocycles. The van der Waals surface area contributed by atoms with Crippen LogP contribution in [-0.2, 0) is 13.6 Å². The van der Waals surface area contributed by atoms with Crippen LogP contribution in [0.2, 0.25) is 0 Å². The number of carbonyl (C=O) groups excluding carboxylic acids is 1. The number of hydrogen-bond donors (Lipinski definition) is 1. The van der Waals surface area contributed by atoms with E-state index in [9.17, 15) is 9.90 Å². The fraction of sp³-hybridized carbons (Fsp3) is 0.417. The van der Waals surface area contributed by atoms with Crippen molar-refractivity contribution < 1.29 is 9.90 Å². The molecule has 1 saturated carbocycles. The van der Waals surface area contributed by atoms with Crippen LogP contribution in [-0.4, -0.2) is 37.3 Å². The first-order chi connectivity index (χ1) is 13.8. The Balaban J connectivity index is 1.62. The van der Waals surface area contributed by atoms with Gasteiger partial charge in [0.25, 0.3) is 5.91 Å². The van der Waals surface area contributed by atoms with Crippen LogP contribution >= 0.6 is 0 Å². The Labute approximate surface area is 170 Å². The van der Waals surface area contributed by atoms with Gasteiger partial charge in [0.15, 0.2) is 0 Å². The summed E-state index contributed by atoms with van der Waals surface area (Å²) in [5.41, 5.74) is 5.18. The highest BCUT2D eigenvalue weighted by Crippen LogP contribution is 2.44. The Bertz CT molecular complexity index is 1130. The summed E-state index contributed by atoms with van der Waals surface area (Å²) in [4.78, 5) is 15.5. The second-order valence-electron chi connectivity index (χ2n) is 9.20. The Hall–Kier alpha value is -2.66. The van der Waals surface area contributed by atoms with Gasteiger partial charge in [-0.3, -0.25) is 9.48 Å². The van der Waals surface area contributed by atoms with Crippen molar-refractivity contribution in [1.82, 2.24) is 14.7 Å². The van der Waals surface area contributed by atoms with Gasteiger partial charge in [-0.15, -0.1) is 0 Å². The van der Waals surface area contributed by atoms with E-state index in [0.717, 1.165) is 51.6 Å². The number of nitrogens with zero attached hydrogens (tertiary/aromatic N) is 3. The summed E-state index contributed by atoms with van der Waals surface area (Å²) in [7, 11) is 1.94. The molecule has 1 fully saturated rings. The van der Waals surface area contributed by atoms with E-state index in [-0.39, 0.29) is 11.9 Å². The Morgan fingerprint density at radius 3 is 2.66 bits per heavy atom. The van der Waals surface area contributed by atoms with E-state index in [1.54, 1.807) is 0 Å². The van der Waals surface area contributed by atoms with Gasteiger partial charge < -0.3 is 10.0 Å². The Kier molecular flexibility index (Phi) is 3.91. The molecule has 1 N–H and O–H groups in total. The standard InChI is InChI=1S/C24H27N3O2/c1-14-10-20-17(12-25-26(20)4)11-19(14)18-7-5-6-16-13-27(23(28)21(16)18)22(15-8-9-15)24(2,3)29/h5-7,10-12,15,22,29H,8-9,13H2,1-4H3. The van der Waals surface area contributed by atoms with Gasteiger partial charge in [0.1, 0.15) is 0 Å². The molecular weight excluding hydrogens is 362 g/mol. The third kappa shape index (κ3) is 2.87. The van der Waals surface area contributed by atoms with E-state index in [1.807, 2.05) is 54.9 Å². The number of carbonyl (C=O) groups is 1. The lowest BCUT2D eigenvalue weighted by Gasteiger charge is -2.37. The van der Waals surface area contributed by atoms with Crippen LogP contribution in [0.5, 0.6) is 0 Å². The van der Waals surface area contributed by atoms with Crippen LogP contribution in [0.15, 0.2) is 36.5 Å². The quantitative estimate of drug-likeness (QED) is 0.732. The molecule has 1 aliphatic heterocycles. The molecule has 0 radical (unpaired) electrons. The van der Waals surface area contributed by atoms with Crippen molar-refractivity contribution in [1.29, 1.82) is 0 Å². The van der Waals surface area contributed by atoms with E-state index >= 15 is 0 Å². The van der Waals surface area contributed by atoms with Gasteiger partial charge in [0, 0.05) is 19.0 Å². The summed E-state index contributed by atoms with van der Waals surface area (Å²) in [6.45, 7) is 6.31. The van der Waals surface area contributed by atoms with E-state index in [0.29, 0.717) is 12.5 Å². The molecule has 1 amide bonds. The number of amides is 1. The number of benzene rings is 2. The molecule has 0 bridgehead atoms. The third-order valence-corrected chi connectivity index (χ3v) is 6.48. The van der Waals surface area contributed by atoms with Crippen molar-refractivity contribution >= 4 is 16.8 Å². The van der Waals surface area contributed by atoms with Crippen LogP contribution in [0.4, 0.5) is 0 Å². The number of rotatable bonds is 4. The maximum Gasteiger partial charge on any atom is 0.255 e. The molecule has 5 rings (SSSR count). The SMILES string of the molecule is Cc1cc2c(cnn2C)cc1-c1cccc2c1C(=O)N(C(C1CC1)C(C)(C)O)C2. The zero-order valence-corrected chi connectivity index (χ0v) is 17.4. The van der Waals surface area contributed by atoms with Crippen molar-refractivity contribution in [3.05, 3.63) is 53.2 Å². The molecule has 150 valence electrons. The third-order valence-electron chi connectivity index (χ3n) is 6.48. The molecule has 0 spiro atoms. The molecular formula is C24H27N3O2. The molecule has 3 aromatic rings. The highest BCUT2D eigenvalue weighted by Gasteiger charge is 2.48. The molecule has 2 heterocycles. The van der Waals surface area contributed by atoms with E-state index < -0.39 is 5.60 Å². The van der Waals surface area contributed by atoms with Gasteiger partial charge in [-0.05, 0) is 73.9 Å². The first-order valence-electron chi connectivity index (χ1n) is 10.3.